The zero-order valence-corrected chi connectivity index (χ0v) is 10.0. The summed E-state index contributed by atoms with van der Waals surface area (Å²) >= 11 is 1.43. The van der Waals surface area contributed by atoms with Crippen molar-refractivity contribution in [3.8, 4) is 0 Å². The van der Waals surface area contributed by atoms with Gasteiger partial charge in [-0.3, -0.25) is 10.1 Å². The number of carbonyl (C=O) groups excluding carboxylic acids is 1. The SMILES string of the molecule is CCCc1nnc(NC(=O)[C@H]2CCCO2)s1. The summed E-state index contributed by atoms with van der Waals surface area (Å²) in [4.78, 5) is 11.7. The van der Waals surface area contributed by atoms with Crippen molar-refractivity contribution in [3.05, 3.63) is 5.01 Å². The lowest BCUT2D eigenvalue weighted by atomic mass is 10.2. The Kier molecular flexibility index (Phi) is 3.84. The van der Waals surface area contributed by atoms with Crippen molar-refractivity contribution < 1.29 is 9.53 Å². The van der Waals surface area contributed by atoms with Gasteiger partial charge in [0.2, 0.25) is 5.13 Å². The second kappa shape index (κ2) is 5.36. The Morgan fingerprint density at radius 3 is 3.19 bits per heavy atom. The van der Waals surface area contributed by atoms with E-state index in [-0.39, 0.29) is 12.0 Å². The molecule has 1 aromatic rings. The number of nitrogens with one attached hydrogen (secondary N) is 1. The molecule has 16 heavy (non-hydrogen) atoms. The van der Waals surface area contributed by atoms with Gasteiger partial charge >= 0.3 is 0 Å². The molecule has 1 aliphatic heterocycles. The molecule has 1 aliphatic rings. The van der Waals surface area contributed by atoms with Gasteiger partial charge in [0.25, 0.3) is 5.91 Å². The number of anilines is 1. The Hall–Kier alpha value is -1.01. The van der Waals surface area contributed by atoms with Crippen LogP contribution in [0, 0.1) is 0 Å². The number of carbonyl (C=O) groups is 1. The van der Waals surface area contributed by atoms with Crippen LogP contribution >= 0.6 is 11.3 Å². The summed E-state index contributed by atoms with van der Waals surface area (Å²) in [5, 5.41) is 12.2. The fraction of sp³-hybridized carbons (Fsp3) is 0.700. The minimum atomic E-state index is -0.307. The number of hydrogen-bond acceptors (Lipinski definition) is 5. The minimum Gasteiger partial charge on any atom is -0.368 e. The first-order valence-electron chi connectivity index (χ1n) is 5.54. The van der Waals surface area contributed by atoms with Crippen LogP contribution in [0.25, 0.3) is 0 Å². The van der Waals surface area contributed by atoms with E-state index in [1.165, 1.54) is 11.3 Å². The average molecular weight is 241 g/mol. The standard InChI is InChI=1S/C10H15N3O2S/c1-2-4-8-12-13-10(16-8)11-9(14)7-5-3-6-15-7/h7H,2-6H2,1H3,(H,11,13,14)/t7-/m1/s1. The molecule has 88 valence electrons. The minimum absolute atomic E-state index is 0.100. The van der Waals surface area contributed by atoms with Gasteiger partial charge in [0.15, 0.2) is 0 Å². The molecule has 1 atom stereocenters. The molecular formula is C10H15N3O2S. The molecule has 0 aliphatic carbocycles. The first kappa shape index (κ1) is 11.5. The second-order valence-corrected chi connectivity index (χ2v) is 4.80. The Morgan fingerprint density at radius 2 is 2.50 bits per heavy atom. The van der Waals surface area contributed by atoms with Crippen molar-refractivity contribution in [1.82, 2.24) is 10.2 Å². The van der Waals surface area contributed by atoms with Crippen LogP contribution in [-0.4, -0.2) is 28.8 Å². The first-order valence-corrected chi connectivity index (χ1v) is 6.36. The summed E-state index contributed by atoms with van der Waals surface area (Å²) in [6.07, 6.45) is 3.39. The fourth-order valence-corrected chi connectivity index (χ4v) is 2.43. The predicted octanol–water partition coefficient (Wildman–Crippen LogP) is 1.61. The van der Waals surface area contributed by atoms with E-state index in [1.807, 2.05) is 0 Å². The van der Waals surface area contributed by atoms with E-state index in [0.717, 1.165) is 30.7 Å². The highest BCUT2D eigenvalue weighted by Crippen LogP contribution is 2.19. The summed E-state index contributed by atoms with van der Waals surface area (Å²) in [7, 11) is 0. The Bertz CT molecular complexity index is 361. The molecule has 0 aromatic carbocycles. The molecule has 0 saturated carbocycles. The second-order valence-electron chi connectivity index (χ2n) is 3.74. The highest BCUT2D eigenvalue weighted by atomic mass is 32.1. The molecule has 0 spiro atoms. The topological polar surface area (TPSA) is 64.1 Å². The molecule has 0 bridgehead atoms. The van der Waals surface area contributed by atoms with Crippen LogP contribution < -0.4 is 5.32 Å². The molecule has 1 aromatic heterocycles. The summed E-state index contributed by atoms with van der Waals surface area (Å²) in [5.74, 6) is -0.100. The highest BCUT2D eigenvalue weighted by molar-refractivity contribution is 7.15. The van der Waals surface area contributed by atoms with Crippen LogP contribution in [0.15, 0.2) is 0 Å². The lowest BCUT2D eigenvalue weighted by Gasteiger charge is -2.06. The first-order chi connectivity index (χ1) is 7.79. The molecule has 6 heteroatoms. The van der Waals surface area contributed by atoms with Crippen molar-refractivity contribution in [2.24, 2.45) is 0 Å². The van der Waals surface area contributed by atoms with Crippen LogP contribution in [0.3, 0.4) is 0 Å². The fourth-order valence-electron chi connectivity index (χ4n) is 1.59. The lowest BCUT2D eigenvalue weighted by molar-refractivity contribution is -0.124. The summed E-state index contributed by atoms with van der Waals surface area (Å²) in [5.41, 5.74) is 0. The van der Waals surface area contributed by atoms with E-state index in [4.69, 9.17) is 4.74 Å². The zero-order valence-electron chi connectivity index (χ0n) is 9.23. The van der Waals surface area contributed by atoms with E-state index in [2.05, 4.69) is 22.4 Å². The molecule has 0 radical (unpaired) electrons. The molecule has 0 unspecified atom stereocenters. The third-order valence-electron chi connectivity index (χ3n) is 2.38. The maximum atomic E-state index is 11.7. The number of aromatic nitrogens is 2. The van der Waals surface area contributed by atoms with Crippen LogP contribution in [-0.2, 0) is 16.0 Å². The van der Waals surface area contributed by atoms with Crippen LogP contribution in [0.4, 0.5) is 5.13 Å². The molecular weight excluding hydrogens is 226 g/mol. The molecule has 1 N–H and O–H groups in total. The zero-order chi connectivity index (χ0) is 11.4. The van der Waals surface area contributed by atoms with Gasteiger partial charge < -0.3 is 4.74 Å². The largest absolute Gasteiger partial charge is 0.368 e. The van der Waals surface area contributed by atoms with Crippen molar-refractivity contribution >= 4 is 22.4 Å². The maximum absolute atomic E-state index is 11.7. The van der Waals surface area contributed by atoms with E-state index in [1.54, 1.807) is 0 Å². The molecule has 2 rings (SSSR count). The van der Waals surface area contributed by atoms with Crippen molar-refractivity contribution in [1.29, 1.82) is 0 Å². The normalized spacial score (nSPS) is 19.9. The smallest absolute Gasteiger partial charge is 0.255 e. The molecule has 5 nitrogen and oxygen atoms in total. The molecule has 1 amide bonds. The molecule has 1 saturated heterocycles. The third kappa shape index (κ3) is 2.76. The van der Waals surface area contributed by atoms with Gasteiger partial charge in [0.05, 0.1) is 0 Å². The van der Waals surface area contributed by atoms with E-state index >= 15 is 0 Å². The Morgan fingerprint density at radius 1 is 1.62 bits per heavy atom. The van der Waals surface area contributed by atoms with Gasteiger partial charge in [0, 0.05) is 13.0 Å². The van der Waals surface area contributed by atoms with E-state index < -0.39 is 0 Å². The summed E-state index contributed by atoms with van der Waals surface area (Å²) in [6.45, 7) is 2.77. The van der Waals surface area contributed by atoms with Crippen molar-refractivity contribution in [3.63, 3.8) is 0 Å². The number of ether oxygens (including phenoxy) is 1. The van der Waals surface area contributed by atoms with Crippen LogP contribution in [0.5, 0.6) is 0 Å². The number of nitrogens with zero attached hydrogens (tertiary/aromatic N) is 2. The number of hydrogen-bond donors (Lipinski definition) is 1. The maximum Gasteiger partial charge on any atom is 0.255 e. The predicted molar refractivity (Wildman–Crippen MR) is 61.5 cm³/mol. The van der Waals surface area contributed by atoms with Gasteiger partial charge in [-0.05, 0) is 19.3 Å². The number of rotatable bonds is 4. The summed E-state index contributed by atoms with van der Waals surface area (Å²) < 4.78 is 5.29. The number of amides is 1. The monoisotopic (exact) mass is 241 g/mol. The number of aryl methyl sites for hydroxylation is 1. The van der Waals surface area contributed by atoms with Gasteiger partial charge in [-0.25, -0.2) is 0 Å². The van der Waals surface area contributed by atoms with Crippen molar-refractivity contribution in [2.75, 3.05) is 11.9 Å². The summed E-state index contributed by atoms with van der Waals surface area (Å²) in [6, 6.07) is 0. The average Bonchev–Trinajstić information content (AvgIpc) is 2.89. The van der Waals surface area contributed by atoms with E-state index in [9.17, 15) is 4.79 Å². The van der Waals surface area contributed by atoms with Gasteiger partial charge in [-0.1, -0.05) is 18.3 Å². The van der Waals surface area contributed by atoms with Crippen molar-refractivity contribution in [2.45, 2.75) is 38.7 Å². The van der Waals surface area contributed by atoms with Crippen LogP contribution in [0.1, 0.15) is 31.2 Å². The van der Waals surface area contributed by atoms with Gasteiger partial charge in [-0.2, -0.15) is 0 Å². The highest BCUT2D eigenvalue weighted by Gasteiger charge is 2.24. The van der Waals surface area contributed by atoms with Gasteiger partial charge in [0.1, 0.15) is 11.1 Å². The lowest BCUT2D eigenvalue weighted by Crippen LogP contribution is -2.26. The van der Waals surface area contributed by atoms with Gasteiger partial charge in [-0.15, -0.1) is 10.2 Å². The third-order valence-corrected chi connectivity index (χ3v) is 3.28. The molecule has 1 fully saturated rings. The van der Waals surface area contributed by atoms with E-state index in [0.29, 0.717) is 11.7 Å². The Labute approximate surface area is 98.2 Å². The van der Waals surface area contributed by atoms with Crippen LogP contribution in [0.2, 0.25) is 0 Å². The molecule has 2 heterocycles. The Balaban J connectivity index is 1.89. The quantitative estimate of drug-likeness (QED) is 0.869.